The maximum absolute atomic E-state index is 9.26. The molecular weight excluding hydrogens is 352 g/mol. The number of hydrogen-bond acceptors (Lipinski definition) is 7. The summed E-state index contributed by atoms with van der Waals surface area (Å²) in [6, 6.07) is 4.19. The summed E-state index contributed by atoms with van der Waals surface area (Å²) < 4.78 is 1.94. The van der Waals surface area contributed by atoms with Crippen LogP contribution in [-0.4, -0.2) is 31.0 Å². The van der Waals surface area contributed by atoms with Gasteiger partial charge in [0.1, 0.15) is 17.4 Å². The minimum Gasteiger partial charge on any atom is -0.260 e. The molecule has 3 heterocycles. The Morgan fingerprint density at radius 1 is 1.48 bits per heavy atom. The smallest absolute Gasteiger partial charge is 0.154 e. The summed E-state index contributed by atoms with van der Waals surface area (Å²) >= 11 is 3.26. The van der Waals surface area contributed by atoms with Gasteiger partial charge in [0.05, 0.1) is 34.1 Å². The Morgan fingerprint density at radius 3 is 3.04 bits per heavy atom. The Kier molecular flexibility index (Phi) is 5.26. The molecule has 3 aromatic heterocycles. The molecule has 25 heavy (non-hydrogen) atoms. The van der Waals surface area contributed by atoms with Gasteiger partial charge in [-0.1, -0.05) is 6.08 Å². The van der Waals surface area contributed by atoms with E-state index in [4.69, 9.17) is 0 Å². The van der Waals surface area contributed by atoms with E-state index in [0.29, 0.717) is 17.8 Å². The highest BCUT2D eigenvalue weighted by Crippen LogP contribution is 2.36. The summed E-state index contributed by atoms with van der Waals surface area (Å²) in [6.07, 6.45) is 6.89. The lowest BCUT2D eigenvalue weighted by Crippen LogP contribution is -2.00. The van der Waals surface area contributed by atoms with Gasteiger partial charge >= 0.3 is 0 Å². The van der Waals surface area contributed by atoms with Crippen molar-refractivity contribution in [1.29, 1.82) is 5.26 Å². The molecule has 3 aromatic rings. The zero-order chi connectivity index (χ0) is 17.8. The summed E-state index contributed by atoms with van der Waals surface area (Å²) in [7, 11) is 0. The lowest BCUT2D eigenvalue weighted by molar-refractivity contribution is 0.701. The second-order valence-corrected chi connectivity index (χ2v) is 7.12. The van der Waals surface area contributed by atoms with Gasteiger partial charge in [-0.05, 0) is 19.2 Å². The quantitative estimate of drug-likeness (QED) is 0.617. The highest BCUT2D eigenvalue weighted by molar-refractivity contribution is 7.97. The average molecular weight is 368 g/mol. The molecule has 8 heteroatoms. The first-order chi connectivity index (χ1) is 12.2. The van der Waals surface area contributed by atoms with Crippen LogP contribution in [0.15, 0.2) is 31.2 Å². The summed E-state index contributed by atoms with van der Waals surface area (Å²) in [5, 5.41) is 14.6. The van der Waals surface area contributed by atoms with E-state index in [1.807, 2.05) is 17.7 Å². The molecule has 126 valence electrons. The fourth-order valence-electron chi connectivity index (χ4n) is 2.46. The first-order valence-corrected chi connectivity index (χ1v) is 9.73. The Labute approximate surface area is 154 Å². The van der Waals surface area contributed by atoms with Gasteiger partial charge in [0.25, 0.3) is 0 Å². The molecule has 3 rings (SSSR count). The highest BCUT2D eigenvalue weighted by Gasteiger charge is 2.18. The van der Waals surface area contributed by atoms with E-state index < -0.39 is 0 Å². The van der Waals surface area contributed by atoms with Crippen LogP contribution in [0.5, 0.6) is 0 Å². The van der Waals surface area contributed by atoms with E-state index in [-0.39, 0.29) is 0 Å². The van der Waals surface area contributed by atoms with Crippen LogP contribution in [0.3, 0.4) is 0 Å². The molecule has 0 aliphatic carbocycles. The van der Waals surface area contributed by atoms with Crippen molar-refractivity contribution < 1.29 is 0 Å². The molecule has 6 nitrogen and oxygen atoms in total. The molecule has 0 saturated heterocycles. The van der Waals surface area contributed by atoms with Crippen LogP contribution in [0, 0.1) is 18.3 Å². The third-order valence-corrected chi connectivity index (χ3v) is 5.30. The lowest BCUT2D eigenvalue weighted by atomic mass is 10.2. The van der Waals surface area contributed by atoms with Crippen LogP contribution in [0.4, 0.5) is 0 Å². The van der Waals surface area contributed by atoms with Crippen LogP contribution in [0.1, 0.15) is 17.1 Å². The van der Waals surface area contributed by atoms with Gasteiger partial charge < -0.3 is 0 Å². The zero-order valence-electron chi connectivity index (χ0n) is 13.9. The van der Waals surface area contributed by atoms with E-state index in [1.54, 1.807) is 18.0 Å². The molecule has 0 fully saturated rings. The van der Waals surface area contributed by atoms with Gasteiger partial charge in [-0.3, -0.25) is 4.68 Å². The maximum atomic E-state index is 9.26. The molecule has 0 spiro atoms. The summed E-state index contributed by atoms with van der Waals surface area (Å²) in [6.45, 7) is 6.41. The third-order valence-electron chi connectivity index (χ3n) is 3.50. The molecule has 0 amide bonds. The van der Waals surface area contributed by atoms with Gasteiger partial charge in [0.15, 0.2) is 5.69 Å². The second kappa shape index (κ2) is 7.59. The number of aromatic nitrogens is 5. The summed E-state index contributed by atoms with van der Waals surface area (Å²) in [5.74, 6) is 0.854. The molecule has 0 aliphatic rings. The topological polar surface area (TPSA) is 80.3 Å². The van der Waals surface area contributed by atoms with Gasteiger partial charge in [-0.2, -0.15) is 22.1 Å². The number of hydrogen-bond donors (Lipinski definition) is 0. The van der Waals surface area contributed by atoms with Crippen LogP contribution < -0.4 is 0 Å². The highest BCUT2D eigenvalue weighted by atomic mass is 32.2. The molecule has 0 radical (unpaired) electrons. The van der Waals surface area contributed by atoms with E-state index >= 15 is 0 Å². The third kappa shape index (κ3) is 3.48. The SMILES string of the molecule is C=CCn1nc(CSC)cc1-c1sc(-c2cncnc2C#N)nc1C. The monoisotopic (exact) mass is 368 g/mol. The summed E-state index contributed by atoms with van der Waals surface area (Å²) in [5.41, 5.74) is 3.93. The minimum absolute atomic E-state index is 0.331. The van der Waals surface area contributed by atoms with Crippen molar-refractivity contribution >= 4 is 23.1 Å². The largest absolute Gasteiger partial charge is 0.260 e. The molecular formula is C17H16N6S2. The van der Waals surface area contributed by atoms with E-state index in [0.717, 1.165) is 32.7 Å². The molecule has 0 aliphatic heterocycles. The minimum atomic E-state index is 0.331. The number of allylic oxidation sites excluding steroid dienone is 1. The van der Waals surface area contributed by atoms with Crippen LogP contribution >= 0.6 is 23.1 Å². The zero-order valence-corrected chi connectivity index (χ0v) is 15.6. The van der Waals surface area contributed by atoms with Crippen molar-refractivity contribution in [2.75, 3.05) is 6.26 Å². The van der Waals surface area contributed by atoms with Gasteiger partial charge in [0.2, 0.25) is 0 Å². The van der Waals surface area contributed by atoms with Crippen molar-refractivity contribution in [3.8, 4) is 27.2 Å². The molecule has 0 atom stereocenters. The van der Waals surface area contributed by atoms with Crippen LogP contribution in [-0.2, 0) is 12.3 Å². The Morgan fingerprint density at radius 2 is 2.32 bits per heavy atom. The summed E-state index contributed by atoms with van der Waals surface area (Å²) in [4.78, 5) is 13.7. The second-order valence-electron chi connectivity index (χ2n) is 5.26. The first kappa shape index (κ1) is 17.3. The average Bonchev–Trinajstić information content (AvgIpc) is 3.19. The number of nitriles is 1. The molecule has 0 aromatic carbocycles. The number of thiazole rings is 1. The van der Waals surface area contributed by atoms with E-state index in [1.165, 1.54) is 17.7 Å². The Balaban J connectivity index is 2.09. The molecule has 0 saturated carbocycles. The normalized spacial score (nSPS) is 10.6. The molecule has 0 bridgehead atoms. The van der Waals surface area contributed by atoms with Crippen molar-refractivity contribution in [3.63, 3.8) is 0 Å². The van der Waals surface area contributed by atoms with Crippen molar-refractivity contribution in [2.45, 2.75) is 19.2 Å². The van der Waals surface area contributed by atoms with Crippen molar-refractivity contribution in [2.24, 2.45) is 0 Å². The van der Waals surface area contributed by atoms with Crippen LogP contribution in [0.2, 0.25) is 0 Å². The Hall–Kier alpha value is -2.50. The fourth-order valence-corrected chi connectivity index (χ4v) is 3.99. The molecule has 0 unspecified atom stereocenters. The molecule has 0 N–H and O–H groups in total. The number of nitrogens with zero attached hydrogens (tertiary/aromatic N) is 6. The van der Waals surface area contributed by atoms with Crippen molar-refractivity contribution in [3.05, 3.63) is 48.3 Å². The lowest BCUT2D eigenvalue weighted by Gasteiger charge is -2.02. The van der Waals surface area contributed by atoms with E-state index in [9.17, 15) is 5.26 Å². The first-order valence-electron chi connectivity index (χ1n) is 7.52. The number of aryl methyl sites for hydroxylation is 1. The Bertz CT molecular complexity index is 950. The number of rotatable bonds is 6. The predicted molar refractivity (Wildman–Crippen MR) is 101 cm³/mol. The van der Waals surface area contributed by atoms with Gasteiger partial charge in [-0.25, -0.2) is 15.0 Å². The predicted octanol–water partition coefficient (Wildman–Crippen LogP) is 3.69. The maximum Gasteiger partial charge on any atom is 0.154 e. The standard InChI is InChI=1S/C17H16N6S2/c1-4-5-23-15(6-12(22-23)9-24-3)16-11(2)21-17(25-16)13-8-19-10-20-14(13)7-18/h4,6,8,10H,1,5,9H2,2-3H3. The van der Waals surface area contributed by atoms with Crippen LogP contribution in [0.25, 0.3) is 21.1 Å². The number of thioether (sulfide) groups is 1. The van der Waals surface area contributed by atoms with Gasteiger partial charge in [-0.15, -0.1) is 17.9 Å². The van der Waals surface area contributed by atoms with Gasteiger partial charge in [0, 0.05) is 11.9 Å². The fraction of sp³-hybridized carbons (Fsp3) is 0.235. The van der Waals surface area contributed by atoms with Crippen molar-refractivity contribution in [1.82, 2.24) is 24.7 Å². The van der Waals surface area contributed by atoms with E-state index in [2.05, 4.69) is 45.0 Å².